The van der Waals surface area contributed by atoms with E-state index in [1.54, 1.807) is 0 Å². The van der Waals surface area contributed by atoms with Crippen molar-refractivity contribution in [3.05, 3.63) is 23.8 Å². The van der Waals surface area contributed by atoms with Crippen LogP contribution in [0.3, 0.4) is 0 Å². The van der Waals surface area contributed by atoms with Crippen molar-refractivity contribution in [3.8, 4) is 11.5 Å². The van der Waals surface area contributed by atoms with Gasteiger partial charge in [-0.05, 0) is 18.2 Å². The molecular weight excluding hydrogens is 275 g/mol. The summed E-state index contributed by atoms with van der Waals surface area (Å²) in [7, 11) is 0. The molecule has 1 aromatic rings. The summed E-state index contributed by atoms with van der Waals surface area (Å²) >= 11 is 9.91. The van der Waals surface area contributed by atoms with E-state index in [0.29, 0.717) is 0 Å². The molecule has 0 radical (unpaired) electrons. The number of hydrogen-bond acceptors (Lipinski definition) is 5. The fourth-order valence-electron chi connectivity index (χ4n) is 1.01. The molecule has 1 rings (SSSR count). The number of carbonyl (C=O) groups excluding carboxylic acids is 2. The van der Waals surface area contributed by atoms with E-state index in [1.807, 2.05) is 0 Å². The molecule has 1 N–H and O–H groups in total. The molecule has 0 atom stereocenters. The fourth-order valence-corrected chi connectivity index (χ4v) is 1.18. The van der Waals surface area contributed by atoms with Crippen molar-refractivity contribution in [2.45, 2.75) is 0 Å². The number of hydrogen-bond donors (Lipinski definition) is 1. The molecule has 0 heterocycles. The van der Waals surface area contributed by atoms with Crippen molar-refractivity contribution in [1.29, 1.82) is 0 Å². The molecule has 90 valence electrons. The van der Waals surface area contributed by atoms with Gasteiger partial charge in [-0.15, -0.1) is 0 Å². The highest BCUT2D eigenvalue weighted by molar-refractivity contribution is 6.61. The van der Waals surface area contributed by atoms with E-state index in [-0.39, 0.29) is 11.5 Å². The molecule has 0 saturated carbocycles. The Kier molecular flexibility index (Phi) is 4.30. The number of carboxylic acids is 1. The van der Waals surface area contributed by atoms with Crippen molar-refractivity contribution in [2.75, 3.05) is 0 Å². The second-order valence-corrected chi connectivity index (χ2v) is 3.26. The molecule has 0 fully saturated rings. The molecule has 0 aromatic heterocycles. The molecule has 0 aliphatic carbocycles. The lowest BCUT2D eigenvalue weighted by molar-refractivity contribution is 0.0694. The van der Waals surface area contributed by atoms with Crippen molar-refractivity contribution in [3.63, 3.8) is 0 Å². The highest BCUT2D eigenvalue weighted by Gasteiger charge is 2.15. The summed E-state index contributed by atoms with van der Waals surface area (Å²) in [5, 5.41) is 8.83. The lowest BCUT2D eigenvalue weighted by atomic mass is 10.2. The van der Waals surface area contributed by atoms with Gasteiger partial charge in [0.15, 0.2) is 0 Å². The summed E-state index contributed by atoms with van der Waals surface area (Å²) in [5.74, 6) is -1.76. The molecule has 0 aliphatic rings. The third kappa shape index (κ3) is 3.93. The Bertz CT molecular complexity index is 484. The van der Waals surface area contributed by atoms with Gasteiger partial charge in [-0.1, -0.05) is 0 Å². The summed E-state index contributed by atoms with van der Waals surface area (Å²) in [6.45, 7) is 0. The van der Waals surface area contributed by atoms with Crippen molar-refractivity contribution >= 4 is 40.0 Å². The van der Waals surface area contributed by atoms with Crippen LogP contribution in [-0.2, 0) is 0 Å². The van der Waals surface area contributed by atoms with E-state index in [0.717, 1.165) is 12.1 Å². The monoisotopic (exact) mass is 278 g/mol. The van der Waals surface area contributed by atoms with Crippen LogP contribution in [0.15, 0.2) is 18.2 Å². The Morgan fingerprint density at radius 1 is 1.06 bits per heavy atom. The van der Waals surface area contributed by atoms with Crippen molar-refractivity contribution < 1.29 is 29.0 Å². The summed E-state index contributed by atoms with van der Waals surface area (Å²) in [5.41, 5.74) is -2.70. The number of carbonyl (C=O) groups is 3. The highest BCUT2D eigenvalue weighted by Crippen LogP contribution is 2.25. The summed E-state index contributed by atoms with van der Waals surface area (Å²) in [6, 6.07) is 3.28. The zero-order valence-electron chi connectivity index (χ0n) is 7.98. The Morgan fingerprint density at radius 3 is 2.12 bits per heavy atom. The van der Waals surface area contributed by atoms with E-state index in [2.05, 4.69) is 9.47 Å². The standard InChI is InChI=1S/C9H4Cl2O6/c10-8(14)16-4-1-2-6(17-9(11)15)5(3-4)7(12)13/h1-3H,(H,12,13). The molecule has 1 aromatic carbocycles. The number of carboxylic acid groups (broad SMARTS) is 1. The maximum absolute atomic E-state index is 10.8. The molecule has 6 nitrogen and oxygen atoms in total. The largest absolute Gasteiger partial charge is 0.478 e. The van der Waals surface area contributed by atoms with E-state index in [1.165, 1.54) is 6.07 Å². The van der Waals surface area contributed by atoms with Crippen molar-refractivity contribution in [1.82, 2.24) is 0 Å². The van der Waals surface area contributed by atoms with Crippen LogP contribution in [0.2, 0.25) is 0 Å². The lowest BCUT2D eigenvalue weighted by Gasteiger charge is -2.06. The van der Waals surface area contributed by atoms with Crippen LogP contribution in [0.5, 0.6) is 11.5 Å². The fraction of sp³-hybridized carbons (Fsp3) is 0. The molecular formula is C9H4Cl2O6. The Labute approximate surface area is 105 Å². The minimum Gasteiger partial charge on any atom is -0.478 e. The smallest absolute Gasteiger partial charge is 0.409 e. The van der Waals surface area contributed by atoms with Crippen LogP contribution in [0.25, 0.3) is 0 Å². The average molecular weight is 279 g/mol. The molecule has 0 saturated heterocycles. The van der Waals surface area contributed by atoms with Gasteiger partial charge in [0.2, 0.25) is 0 Å². The normalized spacial score (nSPS) is 9.53. The van der Waals surface area contributed by atoms with E-state index < -0.39 is 22.4 Å². The first-order valence-electron chi connectivity index (χ1n) is 4.02. The molecule has 0 aliphatic heterocycles. The van der Waals surface area contributed by atoms with Gasteiger partial charge in [0, 0.05) is 23.2 Å². The van der Waals surface area contributed by atoms with Crippen LogP contribution in [-0.4, -0.2) is 21.9 Å². The van der Waals surface area contributed by atoms with Crippen LogP contribution in [0.4, 0.5) is 9.59 Å². The second-order valence-electron chi connectivity index (χ2n) is 2.64. The van der Waals surface area contributed by atoms with Gasteiger partial charge >= 0.3 is 16.8 Å². The Hall–Kier alpha value is -1.79. The highest BCUT2D eigenvalue weighted by atomic mass is 35.5. The zero-order valence-corrected chi connectivity index (χ0v) is 9.49. The first kappa shape index (κ1) is 13.3. The van der Waals surface area contributed by atoms with Gasteiger partial charge in [0.25, 0.3) is 0 Å². The molecule has 0 bridgehead atoms. The third-order valence-electron chi connectivity index (χ3n) is 1.57. The van der Waals surface area contributed by atoms with Crippen molar-refractivity contribution in [2.24, 2.45) is 0 Å². The predicted octanol–water partition coefficient (Wildman–Crippen LogP) is 2.86. The molecule has 0 unspecified atom stereocenters. The van der Waals surface area contributed by atoms with E-state index in [4.69, 9.17) is 28.3 Å². The molecule has 0 amide bonds. The van der Waals surface area contributed by atoms with Gasteiger partial charge in [-0.3, -0.25) is 0 Å². The number of ether oxygens (including phenoxy) is 2. The topological polar surface area (TPSA) is 89.9 Å². The number of benzene rings is 1. The molecule has 0 spiro atoms. The maximum Gasteiger partial charge on any atom is 0.409 e. The first-order valence-corrected chi connectivity index (χ1v) is 4.77. The van der Waals surface area contributed by atoms with Gasteiger partial charge < -0.3 is 14.6 Å². The van der Waals surface area contributed by atoms with Gasteiger partial charge in [-0.25, -0.2) is 14.4 Å². The van der Waals surface area contributed by atoms with Crippen LogP contribution in [0, 0.1) is 0 Å². The van der Waals surface area contributed by atoms with Gasteiger partial charge in [0.05, 0.1) is 0 Å². The Balaban J connectivity index is 3.12. The molecule has 17 heavy (non-hydrogen) atoms. The average Bonchev–Trinajstić information content (AvgIpc) is 2.18. The third-order valence-corrected chi connectivity index (χ3v) is 1.72. The quantitative estimate of drug-likeness (QED) is 0.855. The second kappa shape index (κ2) is 5.51. The number of aromatic carboxylic acids is 1. The van der Waals surface area contributed by atoms with Crippen LogP contribution in [0.1, 0.15) is 10.4 Å². The van der Waals surface area contributed by atoms with Gasteiger partial charge in [-0.2, -0.15) is 0 Å². The summed E-state index contributed by atoms with van der Waals surface area (Å²) in [4.78, 5) is 31.8. The lowest BCUT2D eigenvalue weighted by Crippen LogP contribution is -2.06. The summed E-state index contributed by atoms with van der Waals surface area (Å²) < 4.78 is 8.89. The first-order chi connectivity index (χ1) is 7.90. The van der Waals surface area contributed by atoms with Crippen LogP contribution < -0.4 is 9.47 Å². The molecule has 8 heteroatoms. The maximum atomic E-state index is 10.8. The van der Waals surface area contributed by atoms with E-state index >= 15 is 0 Å². The zero-order chi connectivity index (χ0) is 13.0. The van der Waals surface area contributed by atoms with Gasteiger partial charge in [0.1, 0.15) is 17.1 Å². The Morgan fingerprint density at radius 2 is 1.65 bits per heavy atom. The predicted molar refractivity (Wildman–Crippen MR) is 57.2 cm³/mol. The van der Waals surface area contributed by atoms with Crippen LogP contribution >= 0.6 is 23.2 Å². The SMILES string of the molecule is O=C(Cl)Oc1ccc(OC(=O)Cl)c(C(=O)O)c1. The number of rotatable bonds is 3. The minimum atomic E-state index is -1.38. The van der Waals surface area contributed by atoms with E-state index in [9.17, 15) is 14.4 Å². The minimum absolute atomic E-state index is 0.100. The summed E-state index contributed by atoms with van der Waals surface area (Å²) in [6.07, 6.45) is 0. The number of halogens is 2.